The summed E-state index contributed by atoms with van der Waals surface area (Å²) in [7, 11) is 0. The van der Waals surface area contributed by atoms with Gasteiger partial charge in [-0.1, -0.05) is 29.8 Å². The van der Waals surface area contributed by atoms with E-state index in [9.17, 15) is 9.59 Å². The number of aryl methyl sites for hydroxylation is 1. The summed E-state index contributed by atoms with van der Waals surface area (Å²) in [5.74, 6) is -0.841. The minimum Gasteiger partial charge on any atom is -0.480 e. The van der Waals surface area contributed by atoms with Crippen molar-refractivity contribution in [2.24, 2.45) is 5.92 Å². The van der Waals surface area contributed by atoms with Crippen LogP contribution in [-0.2, 0) is 4.79 Å². The van der Waals surface area contributed by atoms with E-state index >= 15 is 0 Å². The predicted octanol–water partition coefficient (Wildman–Crippen LogP) is 3.38. The zero-order valence-corrected chi connectivity index (χ0v) is 13.3. The molecule has 110 valence electrons. The van der Waals surface area contributed by atoms with Crippen LogP contribution < -0.4 is 10.6 Å². The molecule has 3 N–H and O–H groups in total. The minimum atomic E-state index is -1.03. The molecule has 0 aliphatic carbocycles. The fraction of sp³-hybridized carbons (Fsp3) is 0.429. The largest absolute Gasteiger partial charge is 0.480 e. The maximum absolute atomic E-state index is 11.8. The standard InChI is InChI=1S/C14H19BrN2O3/c1-8(2)6-12(13(18)19)17-14(20)16-10-4-5-11(15)9(3)7-10/h4-5,7-8,12H,6H2,1-3H3,(H,18,19)(H2,16,17,20)/t12-/m0/s1. The molecule has 0 unspecified atom stereocenters. The van der Waals surface area contributed by atoms with Gasteiger partial charge in [0.2, 0.25) is 0 Å². The van der Waals surface area contributed by atoms with E-state index in [4.69, 9.17) is 5.11 Å². The zero-order chi connectivity index (χ0) is 15.3. The molecule has 0 heterocycles. The predicted molar refractivity (Wildman–Crippen MR) is 81.9 cm³/mol. The Balaban J connectivity index is 2.65. The molecule has 0 fully saturated rings. The van der Waals surface area contributed by atoms with Gasteiger partial charge < -0.3 is 15.7 Å². The van der Waals surface area contributed by atoms with Gasteiger partial charge >= 0.3 is 12.0 Å². The van der Waals surface area contributed by atoms with Crippen molar-refractivity contribution in [1.29, 1.82) is 0 Å². The highest BCUT2D eigenvalue weighted by Gasteiger charge is 2.21. The Morgan fingerprint density at radius 1 is 1.35 bits per heavy atom. The fourth-order valence-corrected chi connectivity index (χ4v) is 1.99. The lowest BCUT2D eigenvalue weighted by Crippen LogP contribution is -2.43. The highest BCUT2D eigenvalue weighted by Crippen LogP contribution is 2.19. The number of rotatable bonds is 5. The van der Waals surface area contributed by atoms with E-state index in [0.29, 0.717) is 12.1 Å². The van der Waals surface area contributed by atoms with E-state index in [0.717, 1.165) is 10.0 Å². The molecule has 20 heavy (non-hydrogen) atoms. The first-order chi connectivity index (χ1) is 9.29. The Labute approximate surface area is 126 Å². The van der Waals surface area contributed by atoms with Crippen molar-refractivity contribution >= 4 is 33.6 Å². The Morgan fingerprint density at radius 2 is 2.00 bits per heavy atom. The number of urea groups is 1. The van der Waals surface area contributed by atoms with Crippen molar-refractivity contribution in [3.8, 4) is 0 Å². The van der Waals surface area contributed by atoms with E-state index in [-0.39, 0.29) is 5.92 Å². The average molecular weight is 343 g/mol. The van der Waals surface area contributed by atoms with Gasteiger partial charge in [0.25, 0.3) is 0 Å². The first-order valence-electron chi connectivity index (χ1n) is 6.36. The molecule has 0 radical (unpaired) electrons. The topological polar surface area (TPSA) is 78.4 Å². The minimum absolute atomic E-state index is 0.186. The number of benzene rings is 1. The number of hydrogen-bond donors (Lipinski definition) is 3. The van der Waals surface area contributed by atoms with Gasteiger partial charge in [0.1, 0.15) is 6.04 Å². The number of amides is 2. The lowest BCUT2D eigenvalue weighted by Gasteiger charge is -2.17. The molecule has 0 aliphatic heterocycles. The lowest BCUT2D eigenvalue weighted by atomic mass is 10.0. The SMILES string of the molecule is Cc1cc(NC(=O)N[C@@H](CC(C)C)C(=O)O)ccc1Br. The number of halogens is 1. The third kappa shape index (κ3) is 5.21. The van der Waals surface area contributed by atoms with Crippen molar-refractivity contribution in [2.45, 2.75) is 33.2 Å². The molecule has 1 rings (SSSR count). The third-order valence-electron chi connectivity index (χ3n) is 2.73. The molecule has 0 aliphatic rings. The first-order valence-corrected chi connectivity index (χ1v) is 7.15. The Bertz CT molecular complexity index is 503. The van der Waals surface area contributed by atoms with Crippen LogP contribution in [0.2, 0.25) is 0 Å². The van der Waals surface area contributed by atoms with Gasteiger partial charge in [-0.15, -0.1) is 0 Å². The van der Waals surface area contributed by atoms with Crippen LogP contribution in [0.25, 0.3) is 0 Å². The van der Waals surface area contributed by atoms with Gasteiger partial charge in [0.15, 0.2) is 0 Å². The molecule has 1 aromatic rings. The smallest absolute Gasteiger partial charge is 0.326 e. The summed E-state index contributed by atoms with van der Waals surface area (Å²) in [4.78, 5) is 22.9. The van der Waals surface area contributed by atoms with Crippen LogP contribution in [0.3, 0.4) is 0 Å². The Hall–Kier alpha value is -1.56. The summed E-state index contributed by atoms with van der Waals surface area (Å²) in [6.45, 7) is 5.73. The van der Waals surface area contributed by atoms with Gasteiger partial charge in [-0.3, -0.25) is 0 Å². The molecule has 0 saturated heterocycles. The van der Waals surface area contributed by atoms with Crippen LogP contribution in [0.1, 0.15) is 25.8 Å². The number of carbonyl (C=O) groups excluding carboxylic acids is 1. The van der Waals surface area contributed by atoms with Gasteiger partial charge in [0.05, 0.1) is 0 Å². The Morgan fingerprint density at radius 3 is 2.50 bits per heavy atom. The number of nitrogens with one attached hydrogen (secondary N) is 2. The number of hydrogen-bond acceptors (Lipinski definition) is 2. The highest BCUT2D eigenvalue weighted by molar-refractivity contribution is 9.10. The molecule has 5 nitrogen and oxygen atoms in total. The zero-order valence-electron chi connectivity index (χ0n) is 11.7. The highest BCUT2D eigenvalue weighted by atomic mass is 79.9. The van der Waals surface area contributed by atoms with Crippen molar-refractivity contribution in [1.82, 2.24) is 5.32 Å². The number of anilines is 1. The van der Waals surface area contributed by atoms with E-state index in [2.05, 4.69) is 26.6 Å². The average Bonchev–Trinajstić information content (AvgIpc) is 2.32. The van der Waals surface area contributed by atoms with Gasteiger partial charge in [0, 0.05) is 10.2 Å². The molecule has 6 heteroatoms. The molecule has 0 spiro atoms. The molecule has 0 saturated carbocycles. The molecular formula is C14H19BrN2O3. The van der Waals surface area contributed by atoms with Crippen molar-refractivity contribution in [2.75, 3.05) is 5.32 Å². The van der Waals surface area contributed by atoms with Crippen molar-refractivity contribution in [3.63, 3.8) is 0 Å². The maximum atomic E-state index is 11.8. The lowest BCUT2D eigenvalue weighted by molar-refractivity contribution is -0.139. The second-order valence-corrected chi connectivity index (χ2v) is 5.94. The van der Waals surface area contributed by atoms with Crippen molar-refractivity contribution in [3.05, 3.63) is 28.2 Å². The molecule has 0 bridgehead atoms. The monoisotopic (exact) mass is 342 g/mol. The van der Waals surface area contributed by atoms with Gasteiger partial charge in [-0.2, -0.15) is 0 Å². The second-order valence-electron chi connectivity index (χ2n) is 5.08. The van der Waals surface area contributed by atoms with Crippen LogP contribution in [-0.4, -0.2) is 23.1 Å². The van der Waals surface area contributed by atoms with Crippen LogP contribution in [0, 0.1) is 12.8 Å². The first kappa shape index (κ1) is 16.5. The Kier molecular flexibility index (Phi) is 6.01. The van der Waals surface area contributed by atoms with Gasteiger partial charge in [-0.25, -0.2) is 9.59 Å². The normalized spacial score (nSPS) is 12.1. The summed E-state index contributed by atoms with van der Waals surface area (Å²) in [6.07, 6.45) is 0.391. The summed E-state index contributed by atoms with van der Waals surface area (Å²) in [5, 5.41) is 14.2. The van der Waals surface area contributed by atoms with E-state index in [1.165, 1.54) is 0 Å². The molecule has 1 atom stereocenters. The van der Waals surface area contributed by atoms with E-state index in [1.54, 1.807) is 6.07 Å². The van der Waals surface area contributed by atoms with Crippen LogP contribution in [0.4, 0.5) is 10.5 Å². The quantitative estimate of drug-likeness (QED) is 0.767. The summed E-state index contributed by atoms with van der Waals surface area (Å²) in [6, 6.07) is 3.98. The third-order valence-corrected chi connectivity index (χ3v) is 3.62. The number of carboxylic acid groups (broad SMARTS) is 1. The molecule has 0 aromatic heterocycles. The van der Waals surface area contributed by atoms with Gasteiger partial charge in [-0.05, 0) is 43.0 Å². The molecular weight excluding hydrogens is 324 g/mol. The number of carboxylic acids is 1. The molecule has 2 amide bonds. The summed E-state index contributed by atoms with van der Waals surface area (Å²) in [5.41, 5.74) is 1.61. The number of aliphatic carboxylic acids is 1. The number of carbonyl (C=O) groups is 2. The van der Waals surface area contributed by atoms with E-state index < -0.39 is 18.0 Å². The maximum Gasteiger partial charge on any atom is 0.326 e. The summed E-state index contributed by atoms with van der Waals surface area (Å²) >= 11 is 3.38. The van der Waals surface area contributed by atoms with Crippen LogP contribution >= 0.6 is 15.9 Å². The van der Waals surface area contributed by atoms with Crippen LogP contribution in [0.15, 0.2) is 22.7 Å². The van der Waals surface area contributed by atoms with Crippen molar-refractivity contribution < 1.29 is 14.7 Å². The molecule has 1 aromatic carbocycles. The van der Waals surface area contributed by atoms with Crippen LogP contribution in [0.5, 0.6) is 0 Å². The van der Waals surface area contributed by atoms with E-state index in [1.807, 2.05) is 32.9 Å². The second kappa shape index (κ2) is 7.28. The fourth-order valence-electron chi connectivity index (χ4n) is 1.74. The summed E-state index contributed by atoms with van der Waals surface area (Å²) < 4.78 is 0.951.